The predicted octanol–water partition coefficient (Wildman–Crippen LogP) is 8.92. The summed E-state index contributed by atoms with van der Waals surface area (Å²) in [5, 5.41) is 0. The van der Waals surface area contributed by atoms with Crippen molar-refractivity contribution in [2.45, 2.75) is 33.1 Å². The van der Waals surface area contributed by atoms with Crippen molar-refractivity contribution in [3.63, 3.8) is 0 Å². The molecular weight excluding hydrogens is 684 g/mol. The number of rotatable bonds is 12. The van der Waals surface area contributed by atoms with Gasteiger partial charge in [-0.25, -0.2) is 0 Å². The number of ether oxygens (including phenoxy) is 4. The Kier molecular flexibility index (Phi) is 11.8. The van der Waals surface area contributed by atoms with Gasteiger partial charge in [0, 0.05) is 5.41 Å². The Bertz CT molecular complexity index is 863. The third-order valence-corrected chi connectivity index (χ3v) is 7.16. The van der Waals surface area contributed by atoms with Gasteiger partial charge in [-0.1, -0.05) is 26.0 Å². The van der Waals surface area contributed by atoms with Crippen LogP contribution in [0.2, 0.25) is 0 Å². The molecule has 0 amide bonds. The molecule has 0 atom stereocenters. The molecule has 0 unspecified atom stereocenters. The highest BCUT2D eigenvalue weighted by Crippen LogP contribution is 2.44. The second kappa shape index (κ2) is 13.8. The first-order valence-corrected chi connectivity index (χ1v) is 13.6. The van der Waals surface area contributed by atoms with Gasteiger partial charge < -0.3 is 18.9 Å². The molecular formula is C25H28Br4O4. The van der Waals surface area contributed by atoms with Gasteiger partial charge in [0.1, 0.15) is 37.9 Å². The first-order chi connectivity index (χ1) is 15.7. The largest absolute Gasteiger partial charge is 0.498 e. The molecule has 180 valence electrons. The molecule has 0 saturated carbocycles. The van der Waals surface area contributed by atoms with E-state index in [4.69, 9.17) is 18.9 Å². The van der Waals surface area contributed by atoms with Gasteiger partial charge in [0.25, 0.3) is 0 Å². The summed E-state index contributed by atoms with van der Waals surface area (Å²) in [5.74, 6) is 1.51. The summed E-state index contributed by atoms with van der Waals surface area (Å²) in [6, 6.07) is 8.38. The summed E-state index contributed by atoms with van der Waals surface area (Å²) in [6.45, 7) is 10.1. The molecule has 0 saturated heterocycles. The van der Waals surface area contributed by atoms with E-state index in [1.807, 2.05) is 26.0 Å². The van der Waals surface area contributed by atoms with Crippen molar-refractivity contribution in [2.75, 3.05) is 26.4 Å². The van der Waals surface area contributed by atoms with Crippen molar-refractivity contribution >= 4 is 63.7 Å². The van der Waals surface area contributed by atoms with Gasteiger partial charge in [0.15, 0.2) is 0 Å². The first kappa shape index (κ1) is 28.3. The van der Waals surface area contributed by atoms with E-state index in [1.54, 1.807) is 12.5 Å². The summed E-state index contributed by atoms with van der Waals surface area (Å²) in [6.07, 6.45) is 7.00. The Hall–Kier alpha value is -0.960. The van der Waals surface area contributed by atoms with Crippen LogP contribution in [0.1, 0.15) is 38.8 Å². The lowest BCUT2D eigenvalue weighted by Crippen LogP contribution is -2.19. The zero-order chi connectivity index (χ0) is 24.4. The van der Waals surface area contributed by atoms with Gasteiger partial charge in [0.2, 0.25) is 0 Å². The molecule has 0 aromatic heterocycles. The van der Waals surface area contributed by atoms with Crippen LogP contribution in [0.3, 0.4) is 0 Å². The minimum Gasteiger partial charge on any atom is -0.498 e. The quantitative estimate of drug-likeness (QED) is 0.163. The van der Waals surface area contributed by atoms with Crippen LogP contribution < -0.4 is 9.47 Å². The van der Waals surface area contributed by atoms with Crippen molar-refractivity contribution in [1.82, 2.24) is 0 Å². The minimum atomic E-state index is -0.281. The highest BCUT2D eigenvalue weighted by Gasteiger charge is 2.27. The minimum absolute atomic E-state index is 0.281. The summed E-state index contributed by atoms with van der Waals surface area (Å²) in [7, 11) is 0. The van der Waals surface area contributed by atoms with Crippen LogP contribution in [0, 0.1) is 0 Å². The number of halogens is 4. The van der Waals surface area contributed by atoms with E-state index in [-0.39, 0.29) is 5.41 Å². The third-order valence-electron chi connectivity index (χ3n) is 4.80. The van der Waals surface area contributed by atoms with E-state index in [2.05, 4.69) is 102 Å². The molecule has 0 bridgehead atoms. The Morgan fingerprint density at radius 3 is 1.27 bits per heavy atom. The van der Waals surface area contributed by atoms with Crippen molar-refractivity contribution in [3.05, 3.63) is 78.0 Å². The summed E-state index contributed by atoms with van der Waals surface area (Å²) in [4.78, 5) is 0. The van der Waals surface area contributed by atoms with Crippen LogP contribution in [0.4, 0.5) is 0 Å². The summed E-state index contributed by atoms with van der Waals surface area (Å²) < 4.78 is 26.0. The van der Waals surface area contributed by atoms with E-state index in [0.29, 0.717) is 26.4 Å². The van der Waals surface area contributed by atoms with Gasteiger partial charge >= 0.3 is 0 Å². The number of benzene rings is 2. The van der Waals surface area contributed by atoms with Crippen LogP contribution in [-0.4, -0.2) is 26.4 Å². The maximum atomic E-state index is 5.90. The Morgan fingerprint density at radius 1 is 0.636 bits per heavy atom. The highest BCUT2D eigenvalue weighted by molar-refractivity contribution is 9.11. The zero-order valence-electron chi connectivity index (χ0n) is 19.1. The third kappa shape index (κ3) is 8.05. The van der Waals surface area contributed by atoms with Crippen LogP contribution >= 0.6 is 63.7 Å². The fourth-order valence-electron chi connectivity index (χ4n) is 3.00. The zero-order valence-corrected chi connectivity index (χ0v) is 25.4. The van der Waals surface area contributed by atoms with Crippen molar-refractivity contribution in [2.24, 2.45) is 0 Å². The van der Waals surface area contributed by atoms with Gasteiger partial charge in [-0.15, -0.1) is 0 Å². The lowest BCUT2D eigenvalue weighted by atomic mass is 9.78. The summed E-state index contributed by atoms with van der Waals surface area (Å²) in [5.41, 5.74) is 1.98. The molecule has 2 rings (SSSR count). The molecule has 0 aliphatic rings. The van der Waals surface area contributed by atoms with E-state index < -0.39 is 0 Å². The molecule has 0 spiro atoms. The van der Waals surface area contributed by atoms with Crippen LogP contribution in [-0.2, 0) is 14.9 Å². The highest BCUT2D eigenvalue weighted by atomic mass is 79.9. The Balaban J connectivity index is 2.21. The maximum Gasteiger partial charge on any atom is 0.147 e. The normalized spacial score (nSPS) is 11.9. The van der Waals surface area contributed by atoms with Gasteiger partial charge in [-0.05, 0) is 113 Å². The average Bonchev–Trinajstić information content (AvgIpc) is 2.76. The topological polar surface area (TPSA) is 36.9 Å². The fourth-order valence-corrected chi connectivity index (χ4v) is 5.83. The fraction of sp³-hybridized carbons (Fsp3) is 0.360. The monoisotopic (exact) mass is 708 g/mol. The van der Waals surface area contributed by atoms with Gasteiger partial charge in [-0.2, -0.15) is 0 Å². The molecule has 2 aromatic carbocycles. The van der Waals surface area contributed by atoms with Crippen molar-refractivity contribution in [3.8, 4) is 11.5 Å². The second-order valence-corrected chi connectivity index (χ2v) is 11.0. The number of allylic oxidation sites excluding steroid dienone is 2. The molecule has 0 radical (unpaired) electrons. The molecule has 33 heavy (non-hydrogen) atoms. The second-order valence-electron chi connectivity index (χ2n) is 7.54. The van der Waals surface area contributed by atoms with E-state index in [9.17, 15) is 0 Å². The van der Waals surface area contributed by atoms with E-state index >= 15 is 0 Å². The van der Waals surface area contributed by atoms with Crippen molar-refractivity contribution < 1.29 is 18.9 Å². The molecule has 8 heteroatoms. The number of hydrogen-bond donors (Lipinski definition) is 0. The maximum absolute atomic E-state index is 5.90. The van der Waals surface area contributed by atoms with Crippen LogP contribution in [0.25, 0.3) is 0 Å². The average molecular weight is 712 g/mol. The first-order valence-electron chi connectivity index (χ1n) is 10.4. The van der Waals surface area contributed by atoms with Crippen molar-refractivity contribution in [1.29, 1.82) is 0 Å². The molecule has 4 nitrogen and oxygen atoms in total. The standard InChI is InChI=1S/C25H28Br4O4/c1-5-7-30-9-11-32-23-19(26)13-17(14-20(23)27)25(3,4)18-15-21(28)24(22(29)16-18)33-12-10-31-8-6-2/h5-8,13-16H,9-12H2,1-4H3. The van der Waals surface area contributed by atoms with E-state index in [0.717, 1.165) is 40.5 Å². The molecule has 0 aliphatic heterocycles. The molecule has 2 aromatic rings. The molecule has 0 N–H and O–H groups in total. The predicted molar refractivity (Wildman–Crippen MR) is 148 cm³/mol. The molecule has 0 fully saturated rings. The Morgan fingerprint density at radius 2 is 0.970 bits per heavy atom. The SMILES string of the molecule is CC=COCCOc1c(Br)cc(C(C)(C)c2cc(Br)c(OCCOC=CC)c(Br)c2)cc1Br. The molecule has 0 aliphatic carbocycles. The van der Waals surface area contributed by atoms with Crippen LogP contribution in [0.5, 0.6) is 11.5 Å². The van der Waals surface area contributed by atoms with Gasteiger partial charge in [0.05, 0.1) is 30.4 Å². The van der Waals surface area contributed by atoms with Gasteiger partial charge in [-0.3, -0.25) is 0 Å². The number of hydrogen-bond acceptors (Lipinski definition) is 4. The van der Waals surface area contributed by atoms with Crippen LogP contribution in [0.15, 0.2) is 66.8 Å². The molecule has 0 heterocycles. The smallest absolute Gasteiger partial charge is 0.147 e. The lowest BCUT2D eigenvalue weighted by Gasteiger charge is -2.28. The Labute approximate surface area is 230 Å². The summed E-state index contributed by atoms with van der Waals surface area (Å²) >= 11 is 14.7. The van der Waals surface area contributed by atoms with E-state index in [1.165, 1.54) is 0 Å². The lowest BCUT2D eigenvalue weighted by molar-refractivity contribution is 0.177.